The van der Waals surface area contributed by atoms with Gasteiger partial charge in [-0.05, 0) is 64.2 Å². The van der Waals surface area contributed by atoms with E-state index in [9.17, 15) is 19.0 Å². The van der Waals surface area contributed by atoms with Gasteiger partial charge >= 0.3 is 19.8 Å². The van der Waals surface area contributed by atoms with Crippen LogP contribution in [0.15, 0.2) is 72.9 Å². The molecule has 3 N–H and O–H groups in total. The van der Waals surface area contributed by atoms with Crippen molar-refractivity contribution >= 4 is 19.8 Å². The number of hydrogen-bond donors (Lipinski definition) is 2. The molecular weight excluding hydrogens is 1090 g/mol. The summed E-state index contributed by atoms with van der Waals surface area (Å²) in [5, 5.41) is 0. The van der Waals surface area contributed by atoms with Gasteiger partial charge in [-0.25, -0.2) is 4.57 Å². The van der Waals surface area contributed by atoms with Gasteiger partial charge in [0.15, 0.2) is 6.10 Å². The van der Waals surface area contributed by atoms with Gasteiger partial charge in [-0.15, -0.1) is 0 Å². The summed E-state index contributed by atoms with van der Waals surface area (Å²) in [5.41, 5.74) is 5.41. The zero-order valence-electron chi connectivity index (χ0n) is 56.6. The summed E-state index contributed by atoms with van der Waals surface area (Å²) in [7, 11) is -4.39. The number of rotatable bonds is 70. The second-order valence-corrected chi connectivity index (χ2v) is 26.2. The first-order chi connectivity index (χ1) is 42.3. The van der Waals surface area contributed by atoms with Gasteiger partial charge in [0.1, 0.15) is 6.61 Å². The summed E-state index contributed by atoms with van der Waals surface area (Å²) in [6.07, 6.45) is 94.5. The van der Waals surface area contributed by atoms with Gasteiger partial charge in [0.05, 0.1) is 13.2 Å². The van der Waals surface area contributed by atoms with Crippen LogP contribution in [0.2, 0.25) is 0 Å². The van der Waals surface area contributed by atoms with E-state index in [4.69, 9.17) is 24.3 Å². The summed E-state index contributed by atoms with van der Waals surface area (Å²) in [4.78, 5) is 35.4. The number of carbonyl (C=O) groups is 2. The van der Waals surface area contributed by atoms with E-state index >= 15 is 0 Å². The minimum atomic E-state index is -4.39. The summed E-state index contributed by atoms with van der Waals surface area (Å²) in [5.74, 6) is -0.805. The van der Waals surface area contributed by atoms with Gasteiger partial charge in [-0.3, -0.25) is 18.6 Å². The molecule has 86 heavy (non-hydrogen) atoms. The van der Waals surface area contributed by atoms with Gasteiger partial charge in [-0.1, -0.05) is 363 Å². The summed E-state index contributed by atoms with van der Waals surface area (Å²) < 4.78 is 33.2. The van der Waals surface area contributed by atoms with E-state index in [1.807, 2.05) is 0 Å². The summed E-state index contributed by atoms with van der Waals surface area (Å²) in [6.45, 7) is 3.70. The van der Waals surface area contributed by atoms with E-state index in [-0.39, 0.29) is 38.6 Å². The number of carbonyl (C=O) groups excluding carboxylic acids is 2. The smallest absolute Gasteiger partial charge is 0.462 e. The predicted octanol–water partition coefficient (Wildman–Crippen LogP) is 24.4. The first kappa shape index (κ1) is 83.5. The Kier molecular flexibility index (Phi) is 69.4. The fraction of sp³-hybridized carbons (Fsp3) is 0.816. The lowest BCUT2D eigenvalue weighted by atomic mass is 10.0. The Morgan fingerprint density at radius 2 is 0.640 bits per heavy atom. The highest BCUT2D eigenvalue weighted by Crippen LogP contribution is 2.43. The third kappa shape index (κ3) is 70.5. The molecule has 0 bridgehead atoms. The molecule has 0 aliphatic rings. The fourth-order valence-electron chi connectivity index (χ4n) is 10.9. The Hall–Kier alpha value is -2.55. The number of allylic oxidation sites excluding steroid dienone is 12. The molecule has 10 heteroatoms. The Bertz CT molecular complexity index is 1640. The molecule has 0 spiro atoms. The molecule has 0 aromatic rings. The first-order valence-electron chi connectivity index (χ1n) is 36.9. The van der Waals surface area contributed by atoms with E-state index in [0.29, 0.717) is 6.42 Å². The minimum absolute atomic E-state index is 0.0553. The van der Waals surface area contributed by atoms with Crippen LogP contribution in [0.4, 0.5) is 0 Å². The fourth-order valence-corrected chi connectivity index (χ4v) is 11.7. The second kappa shape index (κ2) is 71.5. The Morgan fingerprint density at radius 1 is 0.360 bits per heavy atom. The van der Waals surface area contributed by atoms with Crippen LogP contribution in [-0.4, -0.2) is 49.3 Å². The molecule has 502 valence electrons. The summed E-state index contributed by atoms with van der Waals surface area (Å²) in [6, 6.07) is 0. The zero-order valence-corrected chi connectivity index (χ0v) is 57.4. The monoisotopic (exact) mass is 1230 g/mol. The van der Waals surface area contributed by atoms with Gasteiger partial charge in [0.25, 0.3) is 0 Å². The Labute approximate surface area is 532 Å². The molecule has 0 heterocycles. The van der Waals surface area contributed by atoms with Crippen molar-refractivity contribution in [2.24, 2.45) is 5.73 Å². The molecule has 0 saturated carbocycles. The molecule has 0 radical (unpaired) electrons. The lowest BCUT2D eigenvalue weighted by Crippen LogP contribution is -2.29. The number of nitrogens with two attached hydrogens (primary N) is 1. The molecule has 0 aliphatic carbocycles. The van der Waals surface area contributed by atoms with Crippen LogP contribution in [-0.2, 0) is 32.7 Å². The molecule has 2 unspecified atom stereocenters. The maximum atomic E-state index is 12.8. The van der Waals surface area contributed by atoms with Crippen LogP contribution in [0, 0.1) is 0 Å². The highest BCUT2D eigenvalue weighted by Gasteiger charge is 2.26. The molecular formula is C76H140NO8P. The second-order valence-electron chi connectivity index (χ2n) is 24.8. The van der Waals surface area contributed by atoms with Crippen LogP contribution in [0.3, 0.4) is 0 Å². The van der Waals surface area contributed by atoms with Gasteiger partial charge in [0.2, 0.25) is 0 Å². The van der Waals surface area contributed by atoms with Gasteiger partial charge in [0, 0.05) is 19.4 Å². The normalized spacial score (nSPS) is 13.3. The number of phosphoric ester groups is 1. The number of unbranched alkanes of at least 4 members (excludes halogenated alkanes) is 45. The number of phosphoric acid groups is 1. The van der Waals surface area contributed by atoms with E-state index in [2.05, 4.69) is 86.8 Å². The number of hydrogen-bond acceptors (Lipinski definition) is 8. The molecule has 0 fully saturated rings. The quantitative estimate of drug-likeness (QED) is 0.0264. The SMILES string of the molecule is CC/C=C\C/C=C\C/C=C\C/C=C\C/C=C\C/C=C\CCCCCCCCCCCCCCCCCCCCCCCCC(=O)OC(COC(=O)CCCCCCCCCCCCCCCCCCCCCCCCCC)COP(=O)(O)OCCN. The van der Waals surface area contributed by atoms with Crippen molar-refractivity contribution < 1.29 is 37.6 Å². The Balaban J connectivity index is 3.78. The number of ether oxygens (including phenoxy) is 2. The van der Waals surface area contributed by atoms with Crippen molar-refractivity contribution in [1.82, 2.24) is 0 Å². The summed E-state index contributed by atoms with van der Waals surface area (Å²) >= 11 is 0. The average molecular weight is 1230 g/mol. The lowest BCUT2D eigenvalue weighted by molar-refractivity contribution is -0.161. The maximum Gasteiger partial charge on any atom is 0.472 e. The maximum absolute atomic E-state index is 12.8. The zero-order chi connectivity index (χ0) is 62.3. The molecule has 2 atom stereocenters. The Morgan fingerprint density at radius 3 is 0.953 bits per heavy atom. The van der Waals surface area contributed by atoms with Crippen LogP contribution in [0.5, 0.6) is 0 Å². The highest BCUT2D eigenvalue weighted by molar-refractivity contribution is 7.47. The third-order valence-electron chi connectivity index (χ3n) is 16.4. The van der Waals surface area contributed by atoms with Crippen LogP contribution < -0.4 is 5.73 Å². The van der Waals surface area contributed by atoms with E-state index < -0.39 is 26.5 Å². The average Bonchev–Trinajstić information content (AvgIpc) is 3.58. The van der Waals surface area contributed by atoms with Gasteiger partial charge in [-0.2, -0.15) is 0 Å². The van der Waals surface area contributed by atoms with Crippen molar-refractivity contribution in [1.29, 1.82) is 0 Å². The molecule has 0 aliphatic heterocycles. The van der Waals surface area contributed by atoms with Crippen LogP contribution in [0.1, 0.15) is 367 Å². The molecule has 9 nitrogen and oxygen atoms in total. The molecule has 0 saturated heterocycles. The highest BCUT2D eigenvalue weighted by atomic mass is 31.2. The van der Waals surface area contributed by atoms with E-state index in [1.165, 1.54) is 263 Å². The largest absolute Gasteiger partial charge is 0.472 e. The molecule has 0 rings (SSSR count). The van der Waals surface area contributed by atoms with E-state index in [0.717, 1.165) is 70.6 Å². The van der Waals surface area contributed by atoms with Crippen molar-refractivity contribution in [2.45, 2.75) is 373 Å². The molecule has 0 aromatic heterocycles. The topological polar surface area (TPSA) is 134 Å². The lowest BCUT2D eigenvalue weighted by Gasteiger charge is -2.19. The van der Waals surface area contributed by atoms with Crippen molar-refractivity contribution in [2.75, 3.05) is 26.4 Å². The predicted molar refractivity (Wildman–Crippen MR) is 372 cm³/mol. The standard InChI is InChI=1S/C76H140NO8P/c1-3-5-7-9-11-13-15-17-19-21-23-25-27-29-30-31-32-33-34-35-36-37-38-39-40-41-42-43-44-45-47-49-51-53-55-57-59-61-63-65-67-69-76(79)85-74(73-84-86(80,81)83-71-70-77)72-82-75(78)68-66-64-62-60-58-56-54-52-50-48-46-28-26-24-22-20-18-16-14-12-10-8-6-4-2/h5,7,11,13,17,19,23,25,29-30,32-33,74H,3-4,6,8-10,12,14-16,18,20-22,24,26-28,31,34-73,77H2,1-2H3,(H,80,81)/b7-5-,13-11-,19-17-,25-23-,30-29-,33-32-. The van der Waals surface area contributed by atoms with E-state index in [1.54, 1.807) is 0 Å². The first-order valence-corrected chi connectivity index (χ1v) is 38.4. The van der Waals surface area contributed by atoms with Crippen molar-refractivity contribution in [3.05, 3.63) is 72.9 Å². The van der Waals surface area contributed by atoms with Gasteiger partial charge < -0.3 is 20.1 Å². The third-order valence-corrected chi connectivity index (χ3v) is 17.3. The van der Waals surface area contributed by atoms with Crippen LogP contribution >= 0.6 is 7.82 Å². The molecule has 0 amide bonds. The van der Waals surface area contributed by atoms with Crippen LogP contribution in [0.25, 0.3) is 0 Å². The number of esters is 2. The van der Waals surface area contributed by atoms with Crippen molar-refractivity contribution in [3.63, 3.8) is 0 Å². The van der Waals surface area contributed by atoms with Crippen molar-refractivity contribution in [3.8, 4) is 0 Å². The molecule has 0 aromatic carbocycles. The minimum Gasteiger partial charge on any atom is -0.462 e.